The van der Waals surface area contributed by atoms with E-state index in [1.165, 1.54) is 16.8 Å². The Hall–Kier alpha value is -1.75. The van der Waals surface area contributed by atoms with Crippen LogP contribution in [0.15, 0.2) is 42.7 Å². The average Bonchev–Trinajstić information content (AvgIpc) is 2.86. The van der Waals surface area contributed by atoms with Gasteiger partial charge in [0.25, 0.3) is 5.92 Å². The number of nitrogens with zero attached hydrogens (tertiary/aromatic N) is 2. The molecule has 0 aliphatic heterocycles. The van der Waals surface area contributed by atoms with Crippen molar-refractivity contribution in [2.45, 2.75) is 25.4 Å². The molecule has 1 unspecified atom stereocenters. The van der Waals surface area contributed by atoms with E-state index in [4.69, 9.17) is 0 Å². The quantitative estimate of drug-likeness (QED) is 0.900. The van der Waals surface area contributed by atoms with Crippen molar-refractivity contribution < 1.29 is 8.78 Å². The van der Waals surface area contributed by atoms with Gasteiger partial charge in [-0.3, -0.25) is 4.68 Å². The van der Waals surface area contributed by atoms with Crippen LogP contribution in [0, 0.1) is 0 Å². The Morgan fingerprint density at radius 3 is 2.63 bits per heavy atom. The van der Waals surface area contributed by atoms with Crippen LogP contribution in [-0.4, -0.2) is 16.8 Å². The lowest BCUT2D eigenvalue weighted by atomic mass is 10.1. The zero-order valence-corrected chi connectivity index (χ0v) is 11.0. The maximum absolute atomic E-state index is 14.1. The van der Waals surface area contributed by atoms with Gasteiger partial charge in [-0.05, 0) is 14.0 Å². The minimum atomic E-state index is -2.92. The lowest BCUT2D eigenvalue weighted by molar-refractivity contribution is -0.0254. The lowest BCUT2D eigenvalue weighted by Gasteiger charge is -2.16. The SMILES string of the molecule is CNC(C)c1cnn(CC(F)(F)c2ccccc2)c1. The number of rotatable bonds is 5. The summed E-state index contributed by atoms with van der Waals surface area (Å²) < 4.78 is 29.4. The average molecular weight is 265 g/mol. The Bertz CT molecular complexity index is 522. The smallest absolute Gasteiger partial charge is 0.292 e. The molecule has 2 aromatic rings. The Morgan fingerprint density at radius 1 is 1.32 bits per heavy atom. The molecule has 1 aromatic carbocycles. The summed E-state index contributed by atoms with van der Waals surface area (Å²) in [6, 6.07) is 7.91. The van der Waals surface area contributed by atoms with Crippen molar-refractivity contribution in [3.63, 3.8) is 0 Å². The molecule has 19 heavy (non-hydrogen) atoms. The molecule has 5 heteroatoms. The molecule has 0 aliphatic carbocycles. The first kappa shape index (κ1) is 13.7. The molecule has 1 N–H and O–H groups in total. The van der Waals surface area contributed by atoms with Crippen LogP contribution in [-0.2, 0) is 12.5 Å². The van der Waals surface area contributed by atoms with E-state index >= 15 is 0 Å². The van der Waals surface area contributed by atoms with Crippen LogP contribution in [0.3, 0.4) is 0 Å². The van der Waals surface area contributed by atoms with Crippen LogP contribution in [0.5, 0.6) is 0 Å². The van der Waals surface area contributed by atoms with E-state index in [-0.39, 0.29) is 11.6 Å². The summed E-state index contributed by atoms with van der Waals surface area (Å²) in [7, 11) is 1.82. The van der Waals surface area contributed by atoms with Gasteiger partial charge in [0.1, 0.15) is 6.54 Å². The molecule has 0 saturated heterocycles. The van der Waals surface area contributed by atoms with Gasteiger partial charge in [-0.1, -0.05) is 30.3 Å². The zero-order chi connectivity index (χ0) is 13.9. The third-order valence-electron chi connectivity index (χ3n) is 3.14. The number of aromatic nitrogens is 2. The highest BCUT2D eigenvalue weighted by atomic mass is 19.3. The van der Waals surface area contributed by atoms with Crippen LogP contribution < -0.4 is 5.32 Å². The fraction of sp³-hybridized carbons (Fsp3) is 0.357. The minimum absolute atomic E-state index is 0.00807. The number of alkyl halides is 2. The predicted molar refractivity (Wildman–Crippen MR) is 70.0 cm³/mol. The van der Waals surface area contributed by atoms with Gasteiger partial charge >= 0.3 is 0 Å². The van der Waals surface area contributed by atoms with Gasteiger partial charge in [-0.15, -0.1) is 0 Å². The second-order valence-electron chi connectivity index (χ2n) is 4.55. The monoisotopic (exact) mass is 265 g/mol. The molecule has 0 radical (unpaired) electrons. The summed E-state index contributed by atoms with van der Waals surface area (Å²) in [4.78, 5) is 0. The highest BCUT2D eigenvalue weighted by Gasteiger charge is 2.32. The van der Waals surface area contributed by atoms with Gasteiger partial charge in [0.15, 0.2) is 0 Å². The van der Waals surface area contributed by atoms with Crippen molar-refractivity contribution in [1.82, 2.24) is 15.1 Å². The number of hydrogen-bond donors (Lipinski definition) is 1. The van der Waals surface area contributed by atoms with E-state index in [1.54, 1.807) is 30.6 Å². The first-order valence-corrected chi connectivity index (χ1v) is 6.16. The topological polar surface area (TPSA) is 29.9 Å². The molecule has 0 aliphatic rings. The summed E-state index contributed by atoms with van der Waals surface area (Å²) in [5.41, 5.74) is 0.903. The van der Waals surface area contributed by atoms with Gasteiger partial charge in [0.05, 0.1) is 6.20 Å². The fourth-order valence-corrected chi connectivity index (χ4v) is 1.83. The van der Waals surface area contributed by atoms with Crippen LogP contribution >= 0.6 is 0 Å². The molecular formula is C14H17F2N3. The van der Waals surface area contributed by atoms with E-state index in [2.05, 4.69) is 10.4 Å². The summed E-state index contributed by atoms with van der Waals surface area (Å²) in [5, 5.41) is 7.04. The molecule has 0 saturated carbocycles. The third kappa shape index (κ3) is 3.17. The Labute approximate surface area is 111 Å². The molecule has 1 heterocycles. The van der Waals surface area contributed by atoms with Gasteiger partial charge in [-0.2, -0.15) is 13.9 Å². The number of nitrogens with one attached hydrogen (secondary N) is 1. The van der Waals surface area contributed by atoms with E-state index in [1.807, 2.05) is 14.0 Å². The molecule has 3 nitrogen and oxygen atoms in total. The van der Waals surface area contributed by atoms with Crippen molar-refractivity contribution in [2.75, 3.05) is 7.05 Å². The zero-order valence-electron chi connectivity index (χ0n) is 11.0. The first-order chi connectivity index (χ1) is 9.03. The summed E-state index contributed by atoms with van der Waals surface area (Å²) in [6.07, 6.45) is 3.26. The summed E-state index contributed by atoms with van der Waals surface area (Å²) >= 11 is 0. The van der Waals surface area contributed by atoms with Crippen LogP contribution in [0.25, 0.3) is 0 Å². The number of benzene rings is 1. The molecule has 1 atom stereocenters. The predicted octanol–water partition coefficient (Wildman–Crippen LogP) is 2.96. The largest absolute Gasteiger partial charge is 0.313 e. The van der Waals surface area contributed by atoms with Crippen molar-refractivity contribution >= 4 is 0 Å². The molecule has 0 fully saturated rings. The maximum Gasteiger partial charge on any atom is 0.292 e. The lowest BCUT2D eigenvalue weighted by Crippen LogP contribution is -2.21. The summed E-state index contributed by atoms with van der Waals surface area (Å²) in [6.45, 7) is 1.50. The second kappa shape index (κ2) is 5.48. The Kier molecular flexibility index (Phi) is 3.95. The standard InChI is InChI=1S/C14H17F2N3/c1-11(17-2)12-8-18-19(9-12)10-14(15,16)13-6-4-3-5-7-13/h3-9,11,17H,10H2,1-2H3. The Balaban J connectivity index is 2.14. The summed E-state index contributed by atoms with van der Waals surface area (Å²) in [5.74, 6) is -2.92. The minimum Gasteiger partial charge on any atom is -0.313 e. The van der Waals surface area contributed by atoms with E-state index in [0.717, 1.165) is 5.56 Å². The van der Waals surface area contributed by atoms with E-state index < -0.39 is 12.5 Å². The molecule has 102 valence electrons. The van der Waals surface area contributed by atoms with E-state index in [0.29, 0.717) is 0 Å². The Morgan fingerprint density at radius 2 is 2.00 bits per heavy atom. The van der Waals surface area contributed by atoms with Gasteiger partial charge in [-0.25, -0.2) is 0 Å². The highest BCUT2D eigenvalue weighted by molar-refractivity contribution is 5.20. The van der Waals surface area contributed by atoms with E-state index in [9.17, 15) is 8.78 Å². The molecule has 0 bridgehead atoms. The van der Waals surface area contributed by atoms with Crippen molar-refractivity contribution in [3.8, 4) is 0 Å². The highest BCUT2D eigenvalue weighted by Crippen LogP contribution is 2.29. The van der Waals surface area contributed by atoms with Crippen molar-refractivity contribution in [2.24, 2.45) is 0 Å². The van der Waals surface area contributed by atoms with Crippen molar-refractivity contribution in [1.29, 1.82) is 0 Å². The third-order valence-corrected chi connectivity index (χ3v) is 3.14. The van der Waals surface area contributed by atoms with Gasteiger partial charge in [0.2, 0.25) is 0 Å². The van der Waals surface area contributed by atoms with Gasteiger partial charge in [0, 0.05) is 23.4 Å². The van der Waals surface area contributed by atoms with Crippen LogP contribution in [0.4, 0.5) is 8.78 Å². The van der Waals surface area contributed by atoms with Crippen molar-refractivity contribution in [3.05, 3.63) is 53.9 Å². The molecular weight excluding hydrogens is 248 g/mol. The molecule has 2 rings (SSSR count). The van der Waals surface area contributed by atoms with Crippen LogP contribution in [0.1, 0.15) is 24.1 Å². The molecule has 0 amide bonds. The number of hydrogen-bond acceptors (Lipinski definition) is 2. The fourth-order valence-electron chi connectivity index (χ4n) is 1.83. The maximum atomic E-state index is 14.1. The normalized spacial score (nSPS) is 13.5. The molecule has 1 aromatic heterocycles. The first-order valence-electron chi connectivity index (χ1n) is 6.16. The molecule has 0 spiro atoms. The number of halogens is 2. The van der Waals surface area contributed by atoms with Crippen LogP contribution in [0.2, 0.25) is 0 Å². The van der Waals surface area contributed by atoms with Gasteiger partial charge < -0.3 is 5.32 Å². The second-order valence-corrected chi connectivity index (χ2v) is 4.55.